The number of carboxylic acid groups (broad SMARTS) is 1. The zero-order valence-electron chi connectivity index (χ0n) is 19.1. The second kappa shape index (κ2) is 10.7. The molecule has 0 aromatic carbocycles. The highest BCUT2D eigenvalue weighted by Crippen LogP contribution is 2.36. The van der Waals surface area contributed by atoms with Gasteiger partial charge in [0.2, 0.25) is 5.96 Å². The number of likely N-dealkylation sites (tertiary alicyclic amines) is 1. The Morgan fingerprint density at radius 3 is 2.56 bits per heavy atom. The molecular weight excluding hydrogens is 501 g/mol. The Morgan fingerprint density at radius 1 is 1.22 bits per heavy atom. The molecule has 9 nitrogen and oxygen atoms in total. The van der Waals surface area contributed by atoms with Crippen LogP contribution in [-0.2, 0) is 9.53 Å². The summed E-state index contributed by atoms with van der Waals surface area (Å²) in [5.74, 6) is -1.58. The molecule has 3 aliphatic heterocycles. The highest BCUT2D eigenvalue weighted by atomic mass is 32.1. The lowest BCUT2D eigenvalue weighted by Crippen LogP contribution is -2.51. The van der Waals surface area contributed by atoms with Gasteiger partial charge in [-0.15, -0.1) is 11.3 Å². The first-order chi connectivity index (χ1) is 17.1. The van der Waals surface area contributed by atoms with E-state index in [9.17, 15) is 23.1 Å². The lowest BCUT2D eigenvalue weighted by Gasteiger charge is -2.37. The minimum Gasteiger partial charge on any atom is -0.508 e. The number of carbonyl (C=O) groups excluding carboxylic acids is 1. The zero-order chi connectivity index (χ0) is 25.9. The summed E-state index contributed by atoms with van der Waals surface area (Å²) in [6.45, 7) is 3.53. The summed E-state index contributed by atoms with van der Waals surface area (Å²) in [4.78, 5) is 31.8. The number of aliphatic imine (C=N–C) groups is 1. The lowest BCUT2D eigenvalue weighted by molar-refractivity contribution is -0.192. The van der Waals surface area contributed by atoms with E-state index in [1.54, 1.807) is 6.08 Å². The molecule has 4 aliphatic rings. The maximum atomic E-state index is 13.1. The van der Waals surface area contributed by atoms with Crippen LogP contribution in [0.3, 0.4) is 0 Å². The van der Waals surface area contributed by atoms with Crippen molar-refractivity contribution in [2.75, 3.05) is 32.8 Å². The smallest absolute Gasteiger partial charge is 0.490 e. The van der Waals surface area contributed by atoms with Crippen LogP contribution in [0.15, 0.2) is 57.8 Å². The topological polar surface area (TPSA) is 115 Å². The Kier molecular flexibility index (Phi) is 7.69. The lowest BCUT2D eigenvalue weighted by atomic mass is 9.91. The number of aliphatic carboxylic acids is 1. The molecule has 1 amide bonds. The Bertz CT molecular complexity index is 1110. The van der Waals surface area contributed by atoms with E-state index in [4.69, 9.17) is 19.6 Å². The van der Waals surface area contributed by atoms with Crippen molar-refractivity contribution in [1.82, 2.24) is 15.1 Å². The Balaban J connectivity index is 0.000000384. The fraction of sp³-hybridized carbons (Fsp3) is 0.435. The molecule has 1 aromatic heterocycles. The fourth-order valence-electron chi connectivity index (χ4n) is 4.34. The maximum absolute atomic E-state index is 13.1. The van der Waals surface area contributed by atoms with Crippen LogP contribution in [0.2, 0.25) is 0 Å². The number of hydrogen-bond donors (Lipinski definition) is 3. The third-order valence-electron chi connectivity index (χ3n) is 6.03. The summed E-state index contributed by atoms with van der Waals surface area (Å²) in [7, 11) is 0. The van der Waals surface area contributed by atoms with Crippen molar-refractivity contribution in [3.05, 3.63) is 57.6 Å². The molecule has 2 unspecified atom stereocenters. The monoisotopic (exact) mass is 526 g/mol. The Morgan fingerprint density at radius 2 is 1.94 bits per heavy atom. The molecule has 194 valence electrons. The SMILES string of the molecule is O=C(O)C(F)(F)F.O=C(c1cccs1)N1CCC2=C(C3C=C(O)C=CC3)NC(N3CCOCC3)=NC21. The van der Waals surface area contributed by atoms with Gasteiger partial charge >= 0.3 is 12.1 Å². The highest BCUT2D eigenvalue weighted by Gasteiger charge is 2.40. The molecule has 4 heterocycles. The van der Waals surface area contributed by atoms with E-state index in [2.05, 4.69) is 10.2 Å². The van der Waals surface area contributed by atoms with Crippen LogP contribution in [-0.4, -0.2) is 83.0 Å². The molecule has 3 N–H and O–H groups in total. The first-order valence-corrected chi connectivity index (χ1v) is 12.2. The van der Waals surface area contributed by atoms with Crippen LogP contribution < -0.4 is 5.32 Å². The number of amides is 1. The number of alkyl halides is 3. The molecule has 36 heavy (non-hydrogen) atoms. The number of carbonyl (C=O) groups is 2. The van der Waals surface area contributed by atoms with E-state index in [1.165, 1.54) is 11.3 Å². The van der Waals surface area contributed by atoms with Crippen LogP contribution >= 0.6 is 11.3 Å². The molecule has 2 atom stereocenters. The number of rotatable bonds is 2. The number of nitrogens with one attached hydrogen (secondary N) is 1. The number of aliphatic hydroxyl groups is 1. The molecule has 5 rings (SSSR count). The van der Waals surface area contributed by atoms with Crippen molar-refractivity contribution >= 4 is 29.2 Å². The second-order valence-corrected chi connectivity index (χ2v) is 9.30. The number of nitrogens with zero attached hydrogens (tertiary/aromatic N) is 3. The van der Waals surface area contributed by atoms with E-state index in [1.807, 2.05) is 34.6 Å². The standard InChI is InChI=1S/C21H24N4O3S.C2HF3O2/c26-15-4-1-3-14(13-15)18-16-6-7-25(20(27)17-5-2-12-29-17)19(16)23-21(22-18)24-8-10-28-11-9-24;3-2(4,5)1(6)7/h1-2,4-5,12-14,19,26H,3,6-11H2,(H,22,23);(H,6,7). The number of morpholine rings is 1. The van der Waals surface area contributed by atoms with Gasteiger partial charge in [0.25, 0.3) is 5.91 Å². The average Bonchev–Trinajstić information content (AvgIpc) is 3.54. The number of hydrogen-bond acceptors (Lipinski definition) is 8. The molecule has 2 fully saturated rings. The number of fused-ring (bicyclic) bond motifs is 1. The number of carboxylic acids is 1. The van der Waals surface area contributed by atoms with E-state index < -0.39 is 12.1 Å². The molecule has 13 heteroatoms. The number of ether oxygens (including phenoxy) is 1. The third-order valence-corrected chi connectivity index (χ3v) is 6.89. The number of halogens is 3. The minimum atomic E-state index is -5.08. The number of allylic oxidation sites excluding steroid dienone is 3. The summed E-state index contributed by atoms with van der Waals surface area (Å²) >= 11 is 1.47. The summed E-state index contributed by atoms with van der Waals surface area (Å²) in [5, 5.41) is 22.6. The first-order valence-electron chi connectivity index (χ1n) is 11.3. The van der Waals surface area contributed by atoms with E-state index >= 15 is 0 Å². The van der Waals surface area contributed by atoms with Crippen molar-refractivity contribution < 1.29 is 37.7 Å². The number of guanidine groups is 1. The Labute approximate surface area is 208 Å². The van der Waals surface area contributed by atoms with Gasteiger partial charge in [0.05, 0.1) is 18.1 Å². The van der Waals surface area contributed by atoms with Crippen LogP contribution in [0.25, 0.3) is 0 Å². The summed E-state index contributed by atoms with van der Waals surface area (Å²) in [5.41, 5.74) is 2.22. The number of aliphatic hydroxyl groups excluding tert-OH is 1. The molecule has 1 aliphatic carbocycles. The van der Waals surface area contributed by atoms with Crippen molar-refractivity contribution in [2.24, 2.45) is 10.9 Å². The summed E-state index contributed by atoms with van der Waals surface area (Å²) in [6, 6.07) is 3.78. The van der Waals surface area contributed by atoms with Gasteiger partial charge in [-0.1, -0.05) is 12.1 Å². The largest absolute Gasteiger partial charge is 0.508 e. The van der Waals surface area contributed by atoms with Crippen LogP contribution in [0.1, 0.15) is 22.5 Å². The molecule has 2 saturated heterocycles. The predicted molar refractivity (Wildman–Crippen MR) is 125 cm³/mol. The molecule has 1 aromatic rings. The molecule has 0 bridgehead atoms. The van der Waals surface area contributed by atoms with Crippen LogP contribution in [0.5, 0.6) is 0 Å². The Hall–Kier alpha value is -3.32. The van der Waals surface area contributed by atoms with Gasteiger partial charge in [0, 0.05) is 31.2 Å². The third kappa shape index (κ3) is 5.73. The molecule has 0 spiro atoms. The van der Waals surface area contributed by atoms with Gasteiger partial charge < -0.3 is 30.1 Å². The average molecular weight is 527 g/mol. The first kappa shape index (κ1) is 25.8. The number of thiophene rings is 1. The predicted octanol–water partition coefficient (Wildman–Crippen LogP) is 3.12. The van der Waals surface area contributed by atoms with Crippen molar-refractivity contribution in [3.8, 4) is 0 Å². The quantitative estimate of drug-likeness (QED) is 0.543. The highest BCUT2D eigenvalue weighted by molar-refractivity contribution is 7.12. The molecule has 0 saturated carbocycles. The van der Waals surface area contributed by atoms with Gasteiger partial charge in [0.15, 0.2) is 6.17 Å². The van der Waals surface area contributed by atoms with E-state index in [-0.39, 0.29) is 23.8 Å². The van der Waals surface area contributed by atoms with E-state index in [0.29, 0.717) is 19.8 Å². The van der Waals surface area contributed by atoms with Crippen LogP contribution in [0.4, 0.5) is 13.2 Å². The van der Waals surface area contributed by atoms with Crippen molar-refractivity contribution in [1.29, 1.82) is 0 Å². The van der Waals surface area contributed by atoms with Crippen molar-refractivity contribution in [3.63, 3.8) is 0 Å². The van der Waals surface area contributed by atoms with Gasteiger partial charge in [-0.2, -0.15) is 13.2 Å². The summed E-state index contributed by atoms with van der Waals surface area (Å²) < 4.78 is 37.2. The minimum absolute atomic E-state index is 0.0354. The van der Waals surface area contributed by atoms with Gasteiger partial charge in [-0.3, -0.25) is 4.79 Å². The summed E-state index contributed by atoms with van der Waals surface area (Å²) in [6.07, 6.45) is 1.85. The second-order valence-electron chi connectivity index (χ2n) is 8.35. The maximum Gasteiger partial charge on any atom is 0.490 e. The van der Waals surface area contributed by atoms with Gasteiger partial charge in [-0.05, 0) is 42.0 Å². The zero-order valence-corrected chi connectivity index (χ0v) is 19.9. The molecule has 0 radical (unpaired) electrons. The van der Waals surface area contributed by atoms with Crippen molar-refractivity contribution in [2.45, 2.75) is 25.2 Å². The van der Waals surface area contributed by atoms with E-state index in [0.717, 1.165) is 48.0 Å². The van der Waals surface area contributed by atoms with Gasteiger partial charge in [0.1, 0.15) is 5.76 Å². The fourth-order valence-corrected chi connectivity index (χ4v) is 5.02. The molecular formula is C23H25F3N4O5S. The normalized spacial score (nSPS) is 23.8. The van der Waals surface area contributed by atoms with Crippen LogP contribution in [0, 0.1) is 5.92 Å². The van der Waals surface area contributed by atoms with Gasteiger partial charge in [-0.25, -0.2) is 9.79 Å².